The largest absolute Gasteiger partial charge is 0.467 e. The summed E-state index contributed by atoms with van der Waals surface area (Å²) < 4.78 is 9.95. The van der Waals surface area contributed by atoms with Crippen LogP contribution < -0.4 is 10.6 Å². The highest BCUT2D eigenvalue weighted by Crippen LogP contribution is 2.18. The van der Waals surface area contributed by atoms with Crippen LogP contribution in [0.25, 0.3) is 0 Å². The van der Waals surface area contributed by atoms with E-state index in [1.807, 2.05) is 20.8 Å². The highest BCUT2D eigenvalue weighted by molar-refractivity contribution is 5.94. The van der Waals surface area contributed by atoms with E-state index >= 15 is 0 Å². The molecule has 1 rings (SSSR count). The van der Waals surface area contributed by atoms with Gasteiger partial charge in [0.2, 0.25) is 5.91 Å². The number of rotatable bonds is 5. The zero-order chi connectivity index (χ0) is 20.8. The Kier molecular flexibility index (Phi) is 7.39. The lowest BCUT2D eigenvalue weighted by molar-refractivity contribution is -0.143. The van der Waals surface area contributed by atoms with E-state index in [1.54, 1.807) is 45.0 Å². The molecule has 27 heavy (non-hydrogen) atoms. The summed E-state index contributed by atoms with van der Waals surface area (Å²) in [5, 5.41) is 5.37. The van der Waals surface area contributed by atoms with Crippen LogP contribution in [-0.4, -0.2) is 36.7 Å². The Morgan fingerprint density at radius 2 is 1.59 bits per heavy atom. The molecular weight excluding hydrogens is 348 g/mol. The van der Waals surface area contributed by atoms with E-state index in [4.69, 9.17) is 9.47 Å². The van der Waals surface area contributed by atoms with Gasteiger partial charge in [-0.25, -0.2) is 9.59 Å². The minimum atomic E-state index is -0.875. The summed E-state index contributed by atoms with van der Waals surface area (Å²) >= 11 is 0. The number of alkyl carbamates (subject to hydrolysis) is 1. The molecule has 1 aromatic carbocycles. The minimum absolute atomic E-state index is 0. The molecule has 0 radical (unpaired) electrons. The number of amides is 2. The molecule has 0 bridgehead atoms. The van der Waals surface area contributed by atoms with Crippen LogP contribution in [0.4, 0.5) is 10.5 Å². The second kappa shape index (κ2) is 8.88. The van der Waals surface area contributed by atoms with Crippen molar-refractivity contribution in [3.8, 4) is 0 Å². The fourth-order valence-corrected chi connectivity index (χ4v) is 2.06. The average Bonchev–Trinajstić information content (AvgIpc) is 2.52. The number of carbonyl (C=O) groups excluding carboxylic acids is 3. The predicted molar refractivity (Wildman–Crippen MR) is 108 cm³/mol. The molecule has 0 aliphatic carbocycles. The van der Waals surface area contributed by atoms with E-state index < -0.39 is 29.1 Å². The molecule has 0 aromatic heterocycles. The molecular formula is C20H34N2O5. The van der Waals surface area contributed by atoms with Crippen molar-refractivity contribution in [2.75, 3.05) is 12.4 Å². The van der Waals surface area contributed by atoms with Crippen molar-refractivity contribution in [3.63, 3.8) is 0 Å². The maximum atomic E-state index is 12.0. The molecule has 0 heterocycles. The lowest BCUT2D eigenvalue weighted by Gasteiger charge is -2.22. The first kappa shape index (κ1) is 22.5. The second-order valence-corrected chi connectivity index (χ2v) is 8.33. The van der Waals surface area contributed by atoms with Gasteiger partial charge in [-0.3, -0.25) is 4.79 Å². The average molecular weight is 383 g/mol. The van der Waals surface area contributed by atoms with E-state index in [9.17, 15) is 14.4 Å². The fraction of sp³-hybridized carbons (Fsp3) is 0.550. The van der Waals surface area contributed by atoms with E-state index in [0.29, 0.717) is 5.69 Å². The van der Waals surface area contributed by atoms with Gasteiger partial charge in [0.1, 0.15) is 11.6 Å². The molecule has 0 aliphatic rings. The maximum Gasteiger partial charge on any atom is 0.408 e. The normalized spacial score (nSPS) is 12.7. The van der Waals surface area contributed by atoms with Gasteiger partial charge in [0.25, 0.3) is 0 Å². The quantitative estimate of drug-likeness (QED) is 0.756. The summed E-state index contributed by atoms with van der Waals surface area (Å²) in [6.07, 6.45) is -0.452. The first-order valence-corrected chi connectivity index (χ1v) is 8.79. The number of benzene rings is 1. The van der Waals surface area contributed by atoms with Gasteiger partial charge in [-0.05, 0) is 38.5 Å². The molecule has 2 N–H and O–H groups in total. The van der Waals surface area contributed by atoms with Crippen LogP contribution in [0.15, 0.2) is 24.3 Å². The molecule has 7 nitrogen and oxygen atoms in total. The monoisotopic (exact) mass is 382 g/mol. The molecule has 1 atom stereocenters. The number of carbonyl (C=O) groups is 3. The minimum Gasteiger partial charge on any atom is -0.467 e. The molecule has 0 fully saturated rings. The Labute approximate surface area is 163 Å². The van der Waals surface area contributed by atoms with E-state index in [0.717, 1.165) is 5.56 Å². The fourth-order valence-electron chi connectivity index (χ4n) is 2.06. The van der Waals surface area contributed by atoms with Crippen LogP contribution in [0.3, 0.4) is 0 Å². The number of nitrogens with one attached hydrogen (secondary N) is 2. The Morgan fingerprint density at radius 1 is 1.04 bits per heavy atom. The molecule has 0 aliphatic heterocycles. The van der Waals surface area contributed by atoms with E-state index in [1.165, 1.54) is 7.11 Å². The highest BCUT2D eigenvalue weighted by Gasteiger charge is 2.25. The standard InChI is InChI=1S/C20H30N2O5.2H2/c1-19(2,3)17(24)21-14-10-8-13(9-11-14)12-15(16(23)26-7)22-18(25)27-20(4,5)6;;/h8-11,15H,12H2,1-7H3,(H,21,24)(H,22,25);2*1H/t15-;;/m0../s1. The number of esters is 1. The zero-order valence-electron chi connectivity index (χ0n) is 17.1. The Bertz CT molecular complexity index is 680. The third-order valence-electron chi connectivity index (χ3n) is 3.51. The van der Waals surface area contributed by atoms with Gasteiger partial charge < -0.3 is 20.1 Å². The van der Waals surface area contributed by atoms with Gasteiger partial charge in [0.15, 0.2) is 0 Å². The third kappa shape index (κ3) is 8.11. The van der Waals surface area contributed by atoms with Crippen LogP contribution >= 0.6 is 0 Å². The molecule has 1 aromatic rings. The van der Waals surface area contributed by atoms with Crippen LogP contribution in [-0.2, 0) is 25.5 Å². The molecule has 0 unspecified atom stereocenters. The smallest absolute Gasteiger partial charge is 0.408 e. The Morgan fingerprint density at radius 3 is 2.04 bits per heavy atom. The lowest BCUT2D eigenvalue weighted by Crippen LogP contribution is -2.45. The molecule has 0 saturated heterocycles. The van der Waals surface area contributed by atoms with Crippen LogP contribution in [0, 0.1) is 5.41 Å². The summed E-state index contributed by atoms with van der Waals surface area (Å²) in [6.45, 7) is 10.7. The molecule has 154 valence electrons. The van der Waals surface area contributed by atoms with Gasteiger partial charge in [-0.1, -0.05) is 32.9 Å². The first-order chi connectivity index (χ1) is 12.3. The number of anilines is 1. The lowest BCUT2D eigenvalue weighted by atomic mass is 9.95. The summed E-state index contributed by atoms with van der Waals surface area (Å²) in [5.41, 5.74) is 0.299. The van der Waals surface area contributed by atoms with Crippen LogP contribution in [0.1, 0.15) is 50.0 Å². The van der Waals surface area contributed by atoms with Gasteiger partial charge in [-0.2, -0.15) is 0 Å². The van der Waals surface area contributed by atoms with E-state index in [2.05, 4.69) is 10.6 Å². The van der Waals surface area contributed by atoms with Crippen LogP contribution in [0.2, 0.25) is 0 Å². The predicted octanol–water partition coefficient (Wildman–Crippen LogP) is 3.77. The van der Waals surface area contributed by atoms with Gasteiger partial charge in [0, 0.05) is 20.4 Å². The van der Waals surface area contributed by atoms with Gasteiger partial charge in [0.05, 0.1) is 7.11 Å². The molecule has 0 spiro atoms. The summed E-state index contributed by atoms with van der Waals surface area (Å²) in [4.78, 5) is 36.0. The second-order valence-electron chi connectivity index (χ2n) is 8.33. The van der Waals surface area contributed by atoms with E-state index in [-0.39, 0.29) is 15.2 Å². The Hall–Kier alpha value is -2.57. The van der Waals surface area contributed by atoms with Crippen molar-refractivity contribution in [1.82, 2.24) is 5.32 Å². The molecule has 7 heteroatoms. The van der Waals surface area contributed by atoms with Crippen molar-refractivity contribution in [1.29, 1.82) is 0 Å². The summed E-state index contributed by atoms with van der Waals surface area (Å²) in [7, 11) is 1.26. The van der Waals surface area contributed by atoms with Crippen molar-refractivity contribution in [3.05, 3.63) is 29.8 Å². The van der Waals surface area contributed by atoms with Crippen LogP contribution in [0.5, 0.6) is 0 Å². The van der Waals surface area contributed by atoms with Crippen molar-refractivity contribution >= 4 is 23.7 Å². The van der Waals surface area contributed by atoms with Crippen molar-refractivity contribution in [2.24, 2.45) is 5.41 Å². The first-order valence-electron chi connectivity index (χ1n) is 8.79. The Balaban J connectivity index is 0. The number of methoxy groups -OCH3 is 1. The molecule has 0 saturated carbocycles. The number of hydrogen-bond acceptors (Lipinski definition) is 5. The summed E-state index contributed by atoms with van der Waals surface area (Å²) in [5.74, 6) is -0.653. The topological polar surface area (TPSA) is 93.7 Å². The zero-order valence-corrected chi connectivity index (χ0v) is 17.1. The SMILES string of the molecule is COC(=O)[C@H](Cc1ccc(NC(=O)C(C)(C)C)cc1)NC(=O)OC(C)(C)C.[HH].[HH]. The third-order valence-corrected chi connectivity index (χ3v) is 3.51. The van der Waals surface area contributed by atoms with Crippen molar-refractivity contribution < 1.29 is 26.7 Å². The van der Waals surface area contributed by atoms with Crippen molar-refractivity contribution in [2.45, 2.75) is 59.6 Å². The van der Waals surface area contributed by atoms with Gasteiger partial charge >= 0.3 is 12.1 Å². The highest BCUT2D eigenvalue weighted by atomic mass is 16.6. The molecule has 2 amide bonds. The maximum absolute atomic E-state index is 12.0. The summed E-state index contributed by atoms with van der Waals surface area (Å²) in [6, 6.07) is 6.19. The number of ether oxygens (including phenoxy) is 2. The number of hydrogen-bond donors (Lipinski definition) is 2. The van der Waals surface area contributed by atoms with Gasteiger partial charge in [-0.15, -0.1) is 0 Å².